The SMILES string of the molecule is CC(C#N)(COc1cc(C#N)ccc1C(F)(F)F)NC(=O)c1ccc(S)cc1. The number of hydrogen-bond acceptors (Lipinski definition) is 5. The van der Waals surface area contributed by atoms with E-state index in [1.807, 2.05) is 6.07 Å². The van der Waals surface area contributed by atoms with E-state index in [0.29, 0.717) is 4.90 Å². The number of hydrogen-bond donors (Lipinski definition) is 2. The normalized spacial score (nSPS) is 13.0. The number of carbonyl (C=O) groups excluding carboxylic acids is 1. The van der Waals surface area contributed by atoms with Gasteiger partial charge in [0.05, 0.1) is 23.3 Å². The van der Waals surface area contributed by atoms with Crippen LogP contribution in [0.5, 0.6) is 5.75 Å². The fourth-order valence-corrected chi connectivity index (χ4v) is 2.35. The number of alkyl halides is 3. The van der Waals surface area contributed by atoms with Crippen molar-refractivity contribution in [1.29, 1.82) is 10.5 Å². The molecule has 1 atom stereocenters. The fraction of sp³-hybridized carbons (Fsp3) is 0.211. The maximum Gasteiger partial charge on any atom is 0.419 e. The summed E-state index contributed by atoms with van der Waals surface area (Å²) in [5.41, 5.74) is -2.47. The zero-order valence-electron chi connectivity index (χ0n) is 14.5. The van der Waals surface area contributed by atoms with E-state index in [2.05, 4.69) is 17.9 Å². The minimum atomic E-state index is -4.70. The highest BCUT2D eigenvalue weighted by Gasteiger charge is 2.36. The van der Waals surface area contributed by atoms with Crippen molar-refractivity contribution in [3.63, 3.8) is 0 Å². The number of benzene rings is 2. The van der Waals surface area contributed by atoms with Crippen molar-refractivity contribution in [1.82, 2.24) is 5.32 Å². The van der Waals surface area contributed by atoms with Gasteiger partial charge in [-0.3, -0.25) is 4.79 Å². The lowest BCUT2D eigenvalue weighted by molar-refractivity contribution is -0.139. The molecule has 2 aromatic rings. The summed E-state index contributed by atoms with van der Waals surface area (Å²) in [5.74, 6) is -1.19. The van der Waals surface area contributed by atoms with E-state index in [-0.39, 0.29) is 11.1 Å². The van der Waals surface area contributed by atoms with E-state index in [1.54, 1.807) is 18.2 Å². The van der Waals surface area contributed by atoms with Crippen LogP contribution in [0.3, 0.4) is 0 Å². The Morgan fingerprint density at radius 3 is 2.36 bits per heavy atom. The lowest BCUT2D eigenvalue weighted by atomic mass is 10.0. The van der Waals surface area contributed by atoms with Gasteiger partial charge in [0.2, 0.25) is 0 Å². The predicted molar refractivity (Wildman–Crippen MR) is 96.8 cm³/mol. The first-order valence-electron chi connectivity index (χ1n) is 7.85. The molecule has 5 nitrogen and oxygen atoms in total. The molecular formula is C19H14F3N3O2S. The largest absolute Gasteiger partial charge is 0.489 e. The first-order chi connectivity index (χ1) is 13.1. The molecule has 0 aliphatic heterocycles. The molecule has 1 amide bonds. The molecule has 2 aromatic carbocycles. The number of nitriles is 2. The molecule has 1 unspecified atom stereocenters. The number of halogens is 3. The van der Waals surface area contributed by atoms with E-state index >= 15 is 0 Å². The summed E-state index contributed by atoms with van der Waals surface area (Å²) >= 11 is 4.11. The van der Waals surface area contributed by atoms with E-state index in [0.717, 1.165) is 18.2 Å². The topological polar surface area (TPSA) is 85.9 Å². The minimum absolute atomic E-state index is 0.0301. The second-order valence-corrected chi connectivity index (χ2v) is 6.57. The van der Waals surface area contributed by atoms with Crippen molar-refractivity contribution >= 4 is 18.5 Å². The van der Waals surface area contributed by atoms with Gasteiger partial charge in [0.1, 0.15) is 12.4 Å². The first kappa shape index (κ1) is 21.1. The second kappa shape index (κ2) is 8.24. The highest BCUT2D eigenvalue weighted by atomic mass is 32.1. The van der Waals surface area contributed by atoms with Gasteiger partial charge in [-0.1, -0.05) is 0 Å². The van der Waals surface area contributed by atoms with Crippen molar-refractivity contribution in [3.8, 4) is 17.9 Å². The number of nitrogens with zero attached hydrogens (tertiary/aromatic N) is 2. The molecule has 0 aromatic heterocycles. The number of ether oxygens (including phenoxy) is 1. The fourth-order valence-electron chi connectivity index (χ4n) is 2.20. The zero-order chi connectivity index (χ0) is 20.9. The third kappa shape index (κ3) is 5.18. The van der Waals surface area contributed by atoms with Crippen LogP contribution in [0.15, 0.2) is 47.4 Å². The molecule has 0 saturated carbocycles. The lowest BCUT2D eigenvalue weighted by Gasteiger charge is -2.24. The second-order valence-electron chi connectivity index (χ2n) is 6.05. The van der Waals surface area contributed by atoms with Gasteiger partial charge in [0, 0.05) is 10.5 Å². The average molecular weight is 405 g/mol. The molecule has 0 saturated heterocycles. The van der Waals surface area contributed by atoms with Crippen LogP contribution in [-0.4, -0.2) is 18.1 Å². The maximum absolute atomic E-state index is 13.1. The number of amides is 1. The number of carbonyl (C=O) groups is 1. The van der Waals surface area contributed by atoms with Crippen molar-refractivity contribution in [2.45, 2.75) is 23.5 Å². The first-order valence-corrected chi connectivity index (χ1v) is 8.29. The van der Waals surface area contributed by atoms with Crippen LogP contribution in [0.2, 0.25) is 0 Å². The monoisotopic (exact) mass is 405 g/mol. The number of nitrogens with one attached hydrogen (secondary N) is 1. The molecule has 0 bridgehead atoms. The van der Waals surface area contributed by atoms with Crippen LogP contribution in [-0.2, 0) is 6.18 Å². The van der Waals surface area contributed by atoms with Crippen molar-refractivity contribution in [2.24, 2.45) is 0 Å². The number of rotatable bonds is 5. The Balaban J connectivity index is 2.21. The Morgan fingerprint density at radius 1 is 1.18 bits per heavy atom. The van der Waals surface area contributed by atoms with Crippen LogP contribution >= 0.6 is 12.6 Å². The smallest absolute Gasteiger partial charge is 0.419 e. The van der Waals surface area contributed by atoms with E-state index < -0.39 is 35.5 Å². The molecule has 2 rings (SSSR count). The third-order valence-corrected chi connectivity index (χ3v) is 4.00. The molecule has 0 aliphatic carbocycles. The molecule has 28 heavy (non-hydrogen) atoms. The van der Waals surface area contributed by atoms with Gasteiger partial charge < -0.3 is 10.1 Å². The molecule has 0 heterocycles. The highest BCUT2D eigenvalue weighted by Crippen LogP contribution is 2.37. The minimum Gasteiger partial charge on any atom is -0.489 e. The molecule has 0 radical (unpaired) electrons. The maximum atomic E-state index is 13.1. The summed E-state index contributed by atoms with van der Waals surface area (Å²) in [5, 5.41) is 20.7. The summed E-state index contributed by atoms with van der Waals surface area (Å²) in [4.78, 5) is 12.9. The molecule has 0 fully saturated rings. The Labute approximate surface area is 164 Å². The van der Waals surface area contributed by atoms with Gasteiger partial charge in [-0.2, -0.15) is 23.7 Å². The van der Waals surface area contributed by atoms with Crippen LogP contribution < -0.4 is 10.1 Å². The third-order valence-electron chi connectivity index (χ3n) is 3.70. The zero-order valence-corrected chi connectivity index (χ0v) is 15.4. The summed E-state index contributed by atoms with van der Waals surface area (Å²) in [7, 11) is 0. The van der Waals surface area contributed by atoms with E-state index in [9.17, 15) is 23.2 Å². The average Bonchev–Trinajstić information content (AvgIpc) is 2.65. The highest BCUT2D eigenvalue weighted by molar-refractivity contribution is 7.80. The van der Waals surface area contributed by atoms with Crippen molar-refractivity contribution in [2.75, 3.05) is 6.61 Å². The Morgan fingerprint density at radius 2 is 1.82 bits per heavy atom. The molecule has 0 aliphatic rings. The number of thiol groups is 1. The Kier molecular flexibility index (Phi) is 6.22. The lowest BCUT2D eigenvalue weighted by Crippen LogP contribution is -2.49. The summed E-state index contributed by atoms with van der Waals surface area (Å²) in [6.45, 7) is 0.761. The summed E-state index contributed by atoms with van der Waals surface area (Å²) < 4.78 is 44.6. The van der Waals surface area contributed by atoms with Gasteiger partial charge in [-0.25, -0.2) is 0 Å². The predicted octanol–water partition coefficient (Wildman–Crippen LogP) is 3.96. The molecule has 0 spiro atoms. The summed E-state index contributed by atoms with van der Waals surface area (Å²) in [6.07, 6.45) is -4.70. The molecule has 9 heteroatoms. The van der Waals surface area contributed by atoms with Crippen LogP contribution in [0.4, 0.5) is 13.2 Å². The van der Waals surface area contributed by atoms with E-state index in [4.69, 9.17) is 10.00 Å². The van der Waals surface area contributed by atoms with Crippen LogP contribution in [0, 0.1) is 22.7 Å². The van der Waals surface area contributed by atoms with Gasteiger partial charge in [-0.05, 0) is 49.4 Å². The quantitative estimate of drug-likeness (QED) is 0.738. The van der Waals surface area contributed by atoms with Gasteiger partial charge in [-0.15, -0.1) is 12.6 Å². The van der Waals surface area contributed by atoms with Gasteiger partial charge in [0.25, 0.3) is 5.91 Å². The molecule has 1 N–H and O–H groups in total. The van der Waals surface area contributed by atoms with E-state index in [1.165, 1.54) is 19.1 Å². The standard InChI is InChI=1S/C19H14F3N3O2S/c1-18(10-24,25-17(26)13-3-5-14(28)6-4-13)11-27-16-8-12(9-23)2-7-15(16)19(20,21)22/h2-8,28H,11H2,1H3,(H,25,26). The molecular weight excluding hydrogens is 391 g/mol. The van der Waals surface area contributed by atoms with Crippen molar-refractivity contribution < 1.29 is 22.7 Å². The van der Waals surface area contributed by atoms with Gasteiger partial charge in [0.15, 0.2) is 5.54 Å². The molecule has 144 valence electrons. The van der Waals surface area contributed by atoms with Gasteiger partial charge >= 0.3 is 6.18 Å². The van der Waals surface area contributed by atoms with Crippen molar-refractivity contribution in [3.05, 3.63) is 59.2 Å². The Hall–Kier alpha value is -3.17. The van der Waals surface area contributed by atoms with Crippen LogP contribution in [0.1, 0.15) is 28.4 Å². The van der Waals surface area contributed by atoms with Crippen LogP contribution in [0.25, 0.3) is 0 Å². The Bertz CT molecular complexity index is 962. The summed E-state index contributed by atoms with van der Waals surface area (Å²) in [6, 6.07) is 12.4.